The topological polar surface area (TPSA) is 136 Å². The normalized spacial score (nSPS) is 42.4. The first-order valence-electron chi connectivity index (χ1n) is 16.6. The second-order valence-corrected chi connectivity index (χ2v) is 14.1. The fourth-order valence-electron chi connectivity index (χ4n) is 8.22. The lowest BCUT2D eigenvalue weighted by molar-refractivity contribution is -0.296. The predicted molar refractivity (Wildman–Crippen MR) is 170 cm³/mol. The van der Waals surface area contributed by atoms with Crippen LogP contribution in [0.1, 0.15) is 74.1 Å². The van der Waals surface area contributed by atoms with E-state index in [1.165, 1.54) is 0 Å². The molecule has 1 amide bonds. The number of hydrogen-bond acceptors (Lipinski definition) is 11. The highest BCUT2D eigenvalue weighted by molar-refractivity contribution is 5.97. The lowest BCUT2D eigenvalue weighted by Gasteiger charge is -2.47. The van der Waals surface area contributed by atoms with Gasteiger partial charge in [0.05, 0.1) is 30.4 Å². The molecule has 4 rings (SSSR count). The highest BCUT2D eigenvalue weighted by Crippen LogP contribution is 2.43. The van der Waals surface area contributed by atoms with Gasteiger partial charge in [0.25, 0.3) is 0 Å². The number of rotatable bonds is 6. The fourth-order valence-corrected chi connectivity index (χ4v) is 8.22. The summed E-state index contributed by atoms with van der Waals surface area (Å²) in [6.45, 7) is 13.9. The number of aliphatic imine (C=N–C) groups is 1. The molecule has 12 nitrogen and oxygen atoms in total. The van der Waals surface area contributed by atoms with Gasteiger partial charge in [-0.25, -0.2) is 4.79 Å². The molecule has 46 heavy (non-hydrogen) atoms. The second-order valence-electron chi connectivity index (χ2n) is 14.1. The van der Waals surface area contributed by atoms with E-state index in [1.54, 1.807) is 18.7 Å². The average molecular weight is 648 g/mol. The Labute approximate surface area is 273 Å². The predicted octanol–water partition coefficient (Wildman–Crippen LogP) is 2.83. The number of esters is 1. The van der Waals surface area contributed by atoms with Crippen LogP contribution in [0.2, 0.25) is 0 Å². The number of aliphatic hydroxyl groups is 1. The number of ether oxygens (including phenoxy) is 5. The maximum absolute atomic E-state index is 13.9. The van der Waals surface area contributed by atoms with Gasteiger partial charge in [0, 0.05) is 30.1 Å². The van der Waals surface area contributed by atoms with Gasteiger partial charge in [-0.3, -0.25) is 19.5 Å². The summed E-state index contributed by atoms with van der Waals surface area (Å²) in [7, 11) is 3.77. The first-order chi connectivity index (χ1) is 21.6. The molecular formula is C34H53N3O9. The quantitative estimate of drug-likeness (QED) is 0.260. The molecule has 12 heteroatoms. The molecular weight excluding hydrogens is 594 g/mol. The van der Waals surface area contributed by atoms with Crippen LogP contribution in [-0.2, 0) is 33.3 Å². The highest BCUT2D eigenvalue weighted by Gasteiger charge is 2.60. The largest absolute Gasteiger partial charge is 0.458 e. The van der Waals surface area contributed by atoms with Gasteiger partial charge in [-0.1, -0.05) is 33.6 Å². The molecule has 258 valence electrons. The lowest BCUT2D eigenvalue weighted by Crippen LogP contribution is -2.60. The van der Waals surface area contributed by atoms with Crippen molar-refractivity contribution in [1.29, 1.82) is 0 Å². The molecule has 0 aromatic heterocycles. The Morgan fingerprint density at radius 3 is 2.48 bits per heavy atom. The number of carbonyl (C=O) groups is 3. The second kappa shape index (κ2) is 14.3. The maximum Gasteiger partial charge on any atom is 0.410 e. The highest BCUT2D eigenvalue weighted by atomic mass is 16.7. The molecule has 2 bridgehead atoms. The molecule has 4 aliphatic rings. The number of nitrogens with zero attached hydrogens (tertiary/aromatic N) is 3. The number of aliphatic hydroxyl groups excluding tert-OH is 1. The van der Waals surface area contributed by atoms with E-state index in [1.807, 2.05) is 53.6 Å². The van der Waals surface area contributed by atoms with Crippen molar-refractivity contribution in [2.45, 2.75) is 128 Å². The monoisotopic (exact) mass is 647 g/mol. The maximum atomic E-state index is 13.9. The molecule has 0 radical (unpaired) electrons. The van der Waals surface area contributed by atoms with Crippen molar-refractivity contribution in [3.63, 3.8) is 0 Å². The van der Waals surface area contributed by atoms with E-state index >= 15 is 0 Å². The summed E-state index contributed by atoms with van der Waals surface area (Å²) < 4.78 is 31.1. The van der Waals surface area contributed by atoms with Crippen molar-refractivity contribution in [2.24, 2.45) is 22.7 Å². The van der Waals surface area contributed by atoms with E-state index in [9.17, 15) is 19.5 Å². The Morgan fingerprint density at radius 1 is 1.15 bits per heavy atom. The van der Waals surface area contributed by atoms with Gasteiger partial charge in [-0.05, 0) is 60.0 Å². The third-order valence-corrected chi connectivity index (χ3v) is 10.5. The Balaban J connectivity index is 1.81. The van der Waals surface area contributed by atoms with Crippen molar-refractivity contribution < 1.29 is 43.2 Å². The zero-order chi connectivity index (χ0) is 34.1. The van der Waals surface area contributed by atoms with Gasteiger partial charge in [0.15, 0.2) is 11.9 Å². The van der Waals surface area contributed by atoms with E-state index in [0.717, 1.165) is 5.71 Å². The summed E-state index contributed by atoms with van der Waals surface area (Å²) in [5, 5.41) is 11.4. The van der Waals surface area contributed by atoms with Crippen LogP contribution in [-0.4, -0.2) is 126 Å². The molecule has 1 N–H and O–H groups in total. The summed E-state index contributed by atoms with van der Waals surface area (Å²) in [4.78, 5) is 49.1. The lowest BCUT2D eigenvalue weighted by atomic mass is 9.73. The van der Waals surface area contributed by atoms with Crippen molar-refractivity contribution in [1.82, 2.24) is 9.80 Å². The molecule has 0 aromatic rings. The third kappa shape index (κ3) is 6.99. The van der Waals surface area contributed by atoms with Crippen LogP contribution < -0.4 is 0 Å². The summed E-state index contributed by atoms with van der Waals surface area (Å²) in [5.74, 6) is 0.0490. The zero-order valence-corrected chi connectivity index (χ0v) is 28.9. The molecule has 0 aromatic carbocycles. The SMILES string of the molecule is C#CCO[C@@]1(C)C[C@@H](C)C2=NCCN3C(=O)O[C@](C)([C@H](CC)OC(=O)CC(=O)[C@H](C)[C@H]1O[C@@H]1O[C@H](C)C[C@H](N(C)C)[C@H]1O)[C@H]3[C@@H]2C. The van der Waals surface area contributed by atoms with Gasteiger partial charge in [0.1, 0.15) is 31.0 Å². The molecule has 3 fully saturated rings. The molecule has 4 heterocycles. The summed E-state index contributed by atoms with van der Waals surface area (Å²) in [5.41, 5.74) is -1.48. The minimum atomic E-state index is -1.18. The van der Waals surface area contributed by atoms with Crippen molar-refractivity contribution in [3.05, 3.63) is 0 Å². The van der Waals surface area contributed by atoms with Crippen LogP contribution >= 0.6 is 0 Å². The van der Waals surface area contributed by atoms with E-state index in [2.05, 4.69) is 5.92 Å². The number of amides is 1. The summed E-state index contributed by atoms with van der Waals surface area (Å²) in [6.07, 6.45) is 1.94. The van der Waals surface area contributed by atoms with Gasteiger partial charge < -0.3 is 33.7 Å². The van der Waals surface area contributed by atoms with Crippen LogP contribution in [0, 0.1) is 30.1 Å². The first-order valence-corrected chi connectivity index (χ1v) is 16.6. The minimum Gasteiger partial charge on any atom is -0.458 e. The van der Waals surface area contributed by atoms with Gasteiger partial charge in [-0.15, -0.1) is 6.42 Å². The molecule has 3 saturated heterocycles. The third-order valence-electron chi connectivity index (χ3n) is 10.5. The summed E-state index contributed by atoms with van der Waals surface area (Å²) in [6, 6.07) is -0.704. The van der Waals surface area contributed by atoms with Gasteiger partial charge in [-0.2, -0.15) is 0 Å². The number of hydrogen-bond donors (Lipinski definition) is 1. The number of ketones is 1. The summed E-state index contributed by atoms with van der Waals surface area (Å²) >= 11 is 0. The molecule has 0 aliphatic carbocycles. The molecule has 12 atom stereocenters. The molecule has 0 saturated carbocycles. The van der Waals surface area contributed by atoms with E-state index < -0.39 is 72.0 Å². The van der Waals surface area contributed by atoms with E-state index in [0.29, 0.717) is 32.4 Å². The van der Waals surface area contributed by atoms with Crippen LogP contribution in [0.25, 0.3) is 0 Å². The Kier molecular flexibility index (Phi) is 11.3. The minimum absolute atomic E-state index is 0.0616. The number of fused-ring (bicyclic) bond motifs is 1. The first kappa shape index (κ1) is 36.3. The zero-order valence-electron chi connectivity index (χ0n) is 28.9. The Morgan fingerprint density at radius 2 is 1.85 bits per heavy atom. The molecule has 0 spiro atoms. The van der Waals surface area contributed by atoms with E-state index in [4.69, 9.17) is 35.1 Å². The number of cyclic esters (lactones) is 1. The van der Waals surface area contributed by atoms with Gasteiger partial charge in [0.2, 0.25) is 0 Å². The smallest absolute Gasteiger partial charge is 0.410 e. The molecule has 4 aliphatic heterocycles. The standard InChI is InChI=1S/C34H53N3O9/c1-11-15-42-33(7)18-19(3)27-22(6)29-34(8,46-32(41)37(29)14-13-35-27)25(12-2)44-26(39)17-24(38)21(5)30(33)45-31-28(40)23(36(9)10)16-20(4)43-31/h1,19-23,25,28-31,40H,12-18H2,2-10H3/t19-,20-,21+,22-,23+,25+,28-,29-,30-,31+,33+,34-/m1/s1. The fraction of sp³-hybridized carbons (Fsp3) is 0.824. The number of terminal acetylenes is 1. The molecule has 0 unspecified atom stereocenters. The average Bonchev–Trinajstić information content (AvgIpc) is 3.11. The van der Waals surface area contributed by atoms with Crippen LogP contribution in [0.5, 0.6) is 0 Å². The van der Waals surface area contributed by atoms with Crippen LogP contribution in [0.3, 0.4) is 0 Å². The van der Waals surface area contributed by atoms with Gasteiger partial charge >= 0.3 is 12.1 Å². The Hall–Kier alpha value is -2.56. The number of carbonyl (C=O) groups excluding carboxylic acids is 3. The number of Topliss-reactive ketones (excluding diaryl/α,β-unsaturated/α-hetero) is 1. The van der Waals surface area contributed by atoms with Crippen LogP contribution in [0.4, 0.5) is 4.79 Å². The van der Waals surface area contributed by atoms with Crippen molar-refractivity contribution >= 4 is 23.6 Å². The van der Waals surface area contributed by atoms with Crippen LogP contribution in [0.15, 0.2) is 4.99 Å². The van der Waals surface area contributed by atoms with E-state index in [-0.39, 0.29) is 30.6 Å². The number of likely N-dealkylation sites (N-methyl/N-ethyl adjacent to an activating group) is 1. The Bertz CT molecular complexity index is 1220. The van der Waals surface area contributed by atoms with Crippen molar-refractivity contribution in [2.75, 3.05) is 33.8 Å². The van der Waals surface area contributed by atoms with Crippen molar-refractivity contribution in [3.8, 4) is 12.3 Å².